The number of guanidine groups is 1. The molecule has 5 nitrogen and oxygen atoms in total. The molecule has 0 amide bonds. The van der Waals surface area contributed by atoms with Crippen molar-refractivity contribution in [3.63, 3.8) is 0 Å². The lowest BCUT2D eigenvalue weighted by Crippen LogP contribution is -2.44. The van der Waals surface area contributed by atoms with E-state index in [-0.39, 0.29) is 28.8 Å². The average molecular weight is 355 g/mol. The number of hydrogen-bond donors (Lipinski definition) is 2. The van der Waals surface area contributed by atoms with Crippen LogP contribution in [0.1, 0.15) is 32.8 Å². The minimum absolute atomic E-state index is 0.0956. The van der Waals surface area contributed by atoms with Crippen molar-refractivity contribution in [3.05, 3.63) is 35.6 Å². The molecule has 2 rings (SSSR count). The Hall–Kier alpha value is -1.63. The monoisotopic (exact) mass is 355 g/mol. The molecule has 1 atom stereocenters. The van der Waals surface area contributed by atoms with Gasteiger partial charge in [-0.3, -0.25) is 4.99 Å². The predicted molar refractivity (Wildman–Crippen MR) is 95.6 cm³/mol. The maximum absolute atomic E-state index is 13.1. The van der Waals surface area contributed by atoms with Gasteiger partial charge < -0.3 is 10.6 Å². The van der Waals surface area contributed by atoms with Gasteiger partial charge in [-0.25, -0.2) is 12.8 Å². The Labute approximate surface area is 143 Å². The van der Waals surface area contributed by atoms with Crippen LogP contribution in [0.15, 0.2) is 29.3 Å². The normalized spacial score (nSPS) is 20.8. The van der Waals surface area contributed by atoms with E-state index < -0.39 is 9.84 Å². The van der Waals surface area contributed by atoms with Crippen LogP contribution in [-0.2, 0) is 15.3 Å². The SMILES string of the molecule is CCNC(=NCC(C)(C)c1ccc(F)cc1)NC1CCS(=O)(=O)C1. The lowest BCUT2D eigenvalue weighted by atomic mass is 9.85. The van der Waals surface area contributed by atoms with Gasteiger partial charge in [0, 0.05) is 18.0 Å². The molecular weight excluding hydrogens is 329 g/mol. The van der Waals surface area contributed by atoms with Gasteiger partial charge in [0.15, 0.2) is 15.8 Å². The Morgan fingerprint density at radius 1 is 1.33 bits per heavy atom. The van der Waals surface area contributed by atoms with Gasteiger partial charge in [-0.15, -0.1) is 0 Å². The zero-order valence-corrected chi connectivity index (χ0v) is 15.3. The van der Waals surface area contributed by atoms with Gasteiger partial charge in [0.05, 0.1) is 18.1 Å². The summed E-state index contributed by atoms with van der Waals surface area (Å²) in [5.41, 5.74) is 0.754. The number of nitrogens with zero attached hydrogens (tertiary/aromatic N) is 1. The summed E-state index contributed by atoms with van der Waals surface area (Å²) >= 11 is 0. The van der Waals surface area contributed by atoms with Crippen LogP contribution in [-0.4, -0.2) is 45.0 Å². The second kappa shape index (κ2) is 7.51. The third kappa shape index (κ3) is 5.19. The zero-order chi connectivity index (χ0) is 17.8. The van der Waals surface area contributed by atoms with E-state index in [1.54, 1.807) is 12.1 Å². The van der Waals surface area contributed by atoms with E-state index in [4.69, 9.17) is 0 Å². The van der Waals surface area contributed by atoms with Gasteiger partial charge in [-0.05, 0) is 31.0 Å². The van der Waals surface area contributed by atoms with Crippen molar-refractivity contribution < 1.29 is 12.8 Å². The molecule has 0 spiro atoms. The summed E-state index contributed by atoms with van der Waals surface area (Å²) < 4.78 is 36.2. The summed E-state index contributed by atoms with van der Waals surface area (Å²) in [5.74, 6) is 0.745. The molecule has 24 heavy (non-hydrogen) atoms. The second-order valence-electron chi connectivity index (χ2n) is 6.83. The molecule has 0 radical (unpaired) electrons. The number of nitrogens with one attached hydrogen (secondary N) is 2. The fourth-order valence-electron chi connectivity index (χ4n) is 2.69. The number of rotatable bonds is 5. The Balaban J connectivity index is 2.05. The molecular formula is C17H26FN3O2S. The van der Waals surface area contributed by atoms with Crippen LogP contribution < -0.4 is 10.6 Å². The van der Waals surface area contributed by atoms with Crippen molar-refractivity contribution in [3.8, 4) is 0 Å². The highest BCUT2D eigenvalue weighted by Gasteiger charge is 2.28. The van der Waals surface area contributed by atoms with Gasteiger partial charge >= 0.3 is 0 Å². The van der Waals surface area contributed by atoms with Gasteiger partial charge in [0.25, 0.3) is 0 Å². The summed E-state index contributed by atoms with van der Waals surface area (Å²) in [7, 11) is -2.93. The largest absolute Gasteiger partial charge is 0.357 e. The second-order valence-corrected chi connectivity index (χ2v) is 9.06. The summed E-state index contributed by atoms with van der Waals surface area (Å²) in [6.45, 7) is 7.27. The Morgan fingerprint density at radius 2 is 2.00 bits per heavy atom. The highest BCUT2D eigenvalue weighted by molar-refractivity contribution is 7.91. The molecule has 1 fully saturated rings. The molecule has 1 aromatic carbocycles. The molecule has 0 aromatic heterocycles. The molecule has 1 aromatic rings. The molecule has 1 heterocycles. The third-order valence-electron chi connectivity index (χ3n) is 4.18. The molecule has 2 N–H and O–H groups in total. The highest BCUT2D eigenvalue weighted by atomic mass is 32.2. The topological polar surface area (TPSA) is 70.6 Å². The van der Waals surface area contributed by atoms with Crippen molar-refractivity contribution >= 4 is 15.8 Å². The van der Waals surface area contributed by atoms with Crippen molar-refractivity contribution in [2.75, 3.05) is 24.6 Å². The Morgan fingerprint density at radius 3 is 2.54 bits per heavy atom. The molecule has 1 saturated heterocycles. The lowest BCUT2D eigenvalue weighted by Gasteiger charge is -2.24. The smallest absolute Gasteiger partial charge is 0.191 e. The van der Waals surface area contributed by atoms with Gasteiger partial charge in [0.1, 0.15) is 5.82 Å². The molecule has 0 saturated carbocycles. The Kier molecular flexibility index (Phi) is 5.85. The number of benzene rings is 1. The molecule has 134 valence electrons. The molecule has 1 aliphatic rings. The van der Waals surface area contributed by atoms with Crippen molar-refractivity contribution in [2.45, 2.75) is 38.6 Å². The van der Waals surface area contributed by atoms with E-state index in [0.29, 0.717) is 25.5 Å². The first-order valence-electron chi connectivity index (χ1n) is 8.23. The number of aliphatic imine (C=N–C) groups is 1. The number of halogens is 1. The van der Waals surface area contributed by atoms with Crippen molar-refractivity contribution in [2.24, 2.45) is 4.99 Å². The summed E-state index contributed by atoms with van der Waals surface area (Å²) in [6.07, 6.45) is 0.605. The van der Waals surface area contributed by atoms with Crippen LogP contribution in [0, 0.1) is 5.82 Å². The summed E-state index contributed by atoms with van der Waals surface area (Å²) in [6, 6.07) is 6.35. The minimum atomic E-state index is -2.93. The molecule has 0 bridgehead atoms. The van der Waals surface area contributed by atoms with Gasteiger partial charge in [-0.1, -0.05) is 26.0 Å². The van der Waals surface area contributed by atoms with E-state index in [1.807, 2.05) is 20.8 Å². The van der Waals surface area contributed by atoms with Gasteiger partial charge in [-0.2, -0.15) is 0 Å². The van der Waals surface area contributed by atoms with E-state index >= 15 is 0 Å². The van der Waals surface area contributed by atoms with Crippen LogP contribution in [0.5, 0.6) is 0 Å². The number of hydrogen-bond acceptors (Lipinski definition) is 3. The summed E-state index contributed by atoms with van der Waals surface area (Å²) in [5, 5.41) is 6.36. The van der Waals surface area contributed by atoms with Crippen molar-refractivity contribution in [1.82, 2.24) is 10.6 Å². The van der Waals surface area contributed by atoms with E-state index in [1.165, 1.54) is 12.1 Å². The summed E-state index contributed by atoms with van der Waals surface area (Å²) in [4.78, 5) is 4.60. The van der Waals surface area contributed by atoms with E-state index in [2.05, 4.69) is 15.6 Å². The fraction of sp³-hybridized carbons (Fsp3) is 0.588. The molecule has 7 heteroatoms. The highest BCUT2D eigenvalue weighted by Crippen LogP contribution is 2.23. The molecule has 1 aliphatic heterocycles. The predicted octanol–water partition coefficient (Wildman–Crippen LogP) is 1.85. The van der Waals surface area contributed by atoms with Crippen LogP contribution in [0.25, 0.3) is 0 Å². The quantitative estimate of drug-likeness (QED) is 0.625. The minimum Gasteiger partial charge on any atom is -0.357 e. The van der Waals surface area contributed by atoms with Crippen LogP contribution in [0.4, 0.5) is 4.39 Å². The molecule has 0 aliphatic carbocycles. The first-order valence-corrected chi connectivity index (χ1v) is 10.1. The molecule has 1 unspecified atom stereocenters. The van der Waals surface area contributed by atoms with Crippen LogP contribution in [0.2, 0.25) is 0 Å². The van der Waals surface area contributed by atoms with Crippen LogP contribution in [0.3, 0.4) is 0 Å². The fourth-order valence-corrected chi connectivity index (χ4v) is 4.36. The first-order chi connectivity index (χ1) is 11.2. The van der Waals surface area contributed by atoms with E-state index in [0.717, 1.165) is 5.56 Å². The van der Waals surface area contributed by atoms with Crippen LogP contribution >= 0.6 is 0 Å². The standard InChI is InChI=1S/C17H26FN3O2S/c1-4-19-16(21-15-9-10-24(22,23)11-15)20-12-17(2,3)13-5-7-14(18)8-6-13/h5-8,15H,4,9-12H2,1-3H3,(H2,19,20,21). The van der Waals surface area contributed by atoms with E-state index in [9.17, 15) is 12.8 Å². The first kappa shape index (κ1) is 18.7. The van der Waals surface area contributed by atoms with Gasteiger partial charge in [0.2, 0.25) is 0 Å². The Bertz CT molecular complexity index is 684. The maximum Gasteiger partial charge on any atom is 0.191 e. The number of sulfone groups is 1. The van der Waals surface area contributed by atoms with Crippen molar-refractivity contribution in [1.29, 1.82) is 0 Å². The third-order valence-corrected chi connectivity index (χ3v) is 5.94. The zero-order valence-electron chi connectivity index (χ0n) is 14.5. The maximum atomic E-state index is 13.1. The average Bonchev–Trinajstić information content (AvgIpc) is 2.84. The lowest BCUT2D eigenvalue weighted by molar-refractivity contribution is 0.532.